The van der Waals surface area contributed by atoms with Crippen molar-refractivity contribution in [3.63, 3.8) is 0 Å². The normalized spacial score (nSPS) is 12.5. The molecule has 6 heteroatoms. The van der Waals surface area contributed by atoms with E-state index in [0.717, 1.165) is 16.7 Å². The maximum Gasteiger partial charge on any atom is 0.223 e. The van der Waals surface area contributed by atoms with Crippen molar-refractivity contribution in [3.8, 4) is 0 Å². The average molecular weight is 254 g/mol. The Bertz CT molecular complexity index is 705. The van der Waals surface area contributed by atoms with Gasteiger partial charge in [0, 0.05) is 18.6 Å². The van der Waals surface area contributed by atoms with Gasteiger partial charge in [0.1, 0.15) is 6.33 Å². The quantitative estimate of drug-likeness (QED) is 0.773. The fourth-order valence-electron chi connectivity index (χ4n) is 1.98. The first kappa shape index (κ1) is 11.6. The second-order valence-corrected chi connectivity index (χ2v) is 4.42. The molecule has 0 amide bonds. The van der Waals surface area contributed by atoms with E-state index in [-0.39, 0.29) is 6.04 Å². The molecule has 0 saturated carbocycles. The van der Waals surface area contributed by atoms with Crippen molar-refractivity contribution in [2.24, 2.45) is 7.05 Å². The number of nitrogens with one attached hydrogen (secondary N) is 1. The van der Waals surface area contributed by atoms with Gasteiger partial charge in [-0.05, 0) is 13.0 Å². The van der Waals surface area contributed by atoms with E-state index in [2.05, 4.69) is 25.5 Å². The predicted molar refractivity (Wildman–Crippen MR) is 72.6 cm³/mol. The van der Waals surface area contributed by atoms with Crippen molar-refractivity contribution < 1.29 is 0 Å². The number of fused-ring (bicyclic) bond motifs is 1. The molecule has 6 nitrogen and oxygen atoms in total. The summed E-state index contributed by atoms with van der Waals surface area (Å²) >= 11 is 0. The van der Waals surface area contributed by atoms with Crippen LogP contribution in [0.15, 0.2) is 36.8 Å². The number of aromatic nitrogens is 5. The number of nitrogens with zero attached hydrogens (tertiary/aromatic N) is 5. The summed E-state index contributed by atoms with van der Waals surface area (Å²) in [4.78, 5) is 8.78. The van der Waals surface area contributed by atoms with Crippen molar-refractivity contribution >= 4 is 16.9 Å². The van der Waals surface area contributed by atoms with Gasteiger partial charge in [0.05, 0.1) is 11.6 Å². The minimum absolute atomic E-state index is 0.00587. The largest absolute Gasteiger partial charge is 0.344 e. The summed E-state index contributed by atoms with van der Waals surface area (Å²) in [5, 5.41) is 12.2. The Hall–Kier alpha value is -2.50. The van der Waals surface area contributed by atoms with E-state index in [1.54, 1.807) is 6.33 Å². The van der Waals surface area contributed by atoms with Gasteiger partial charge in [-0.1, -0.05) is 18.2 Å². The minimum Gasteiger partial charge on any atom is -0.344 e. The van der Waals surface area contributed by atoms with Crippen molar-refractivity contribution in [2.75, 3.05) is 5.32 Å². The number of aryl methyl sites for hydroxylation is 1. The summed E-state index contributed by atoms with van der Waals surface area (Å²) in [5.74, 6) is 1.44. The van der Waals surface area contributed by atoms with Crippen LogP contribution < -0.4 is 5.32 Å². The van der Waals surface area contributed by atoms with Crippen LogP contribution in [0.3, 0.4) is 0 Å². The minimum atomic E-state index is -0.00587. The lowest BCUT2D eigenvalue weighted by atomic mass is 10.2. The SMILES string of the molecule is CC(Nc1ncc2ccccc2n1)c1nncn1C. The van der Waals surface area contributed by atoms with Gasteiger partial charge in [-0.25, -0.2) is 9.97 Å². The van der Waals surface area contributed by atoms with Crippen molar-refractivity contribution in [1.82, 2.24) is 24.7 Å². The van der Waals surface area contributed by atoms with Gasteiger partial charge in [-0.2, -0.15) is 0 Å². The van der Waals surface area contributed by atoms with Gasteiger partial charge in [-0.15, -0.1) is 10.2 Å². The van der Waals surface area contributed by atoms with Crippen LogP contribution in [0.25, 0.3) is 10.9 Å². The Kier molecular flexibility index (Phi) is 2.83. The maximum absolute atomic E-state index is 4.48. The molecule has 0 spiro atoms. The van der Waals surface area contributed by atoms with Crippen molar-refractivity contribution in [1.29, 1.82) is 0 Å². The van der Waals surface area contributed by atoms with E-state index in [4.69, 9.17) is 0 Å². The molecule has 0 fully saturated rings. The smallest absolute Gasteiger partial charge is 0.223 e. The topological polar surface area (TPSA) is 68.5 Å². The van der Waals surface area contributed by atoms with Gasteiger partial charge in [0.15, 0.2) is 5.82 Å². The molecule has 3 rings (SSSR count). The first-order valence-electron chi connectivity index (χ1n) is 6.06. The third-order valence-corrected chi connectivity index (χ3v) is 2.97. The van der Waals surface area contributed by atoms with Crippen LogP contribution in [0.2, 0.25) is 0 Å². The lowest BCUT2D eigenvalue weighted by Gasteiger charge is -2.12. The second kappa shape index (κ2) is 4.64. The van der Waals surface area contributed by atoms with E-state index in [0.29, 0.717) is 5.95 Å². The zero-order valence-corrected chi connectivity index (χ0v) is 10.8. The standard InChI is InChI=1S/C13H14N6/c1-9(12-18-15-8-19(12)2)16-13-14-7-10-5-3-4-6-11(10)17-13/h3-9H,1-2H3,(H,14,16,17). The van der Waals surface area contributed by atoms with Gasteiger partial charge in [0.2, 0.25) is 5.95 Å². The van der Waals surface area contributed by atoms with Gasteiger partial charge in [-0.3, -0.25) is 0 Å². The van der Waals surface area contributed by atoms with Crippen LogP contribution in [0.4, 0.5) is 5.95 Å². The Balaban J connectivity index is 1.87. The third kappa shape index (κ3) is 2.24. The summed E-state index contributed by atoms with van der Waals surface area (Å²) in [6.45, 7) is 2.00. The number of para-hydroxylation sites is 1. The van der Waals surface area contributed by atoms with E-state index in [1.807, 2.05) is 49.0 Å². The molecule has 2 heterocycles. The first-order chi connectivity index (χ1) is 9.24. The Morgan fingerprint density at radius 2 is 2.11 bits per heavy atom. The number of rotatable bonds is 3. The molecule has 1 N–H and O–H groups in total. The summed E-state index contributed by atoms with van der Waals surface area (Å²) in [7, 11) is 1.91. The zero-order valence-electron chi connectivity index (χ0n) is 10.8. The molecule has 0 aliphatic heterocycles. The number of anilines is 1. The highest BCUT2D eigenvalue weighted by Crippen LogP contribution is 2.16. The predicted octanol–water partition coefficient (Wildman–Crippen LogP) is 1.93. The molecule has 0 aliphatic carbocycles. The lowest BCUT2D eigenvalue weighted by molar-refractivity contribution is 0.713. The fourth-order valence-corrected chi connectivity index (χ4v) is 1.98. The van der Waals surface area contributed by atoms with Crippen molar-refractivity contribution in [3.05, 3.63) is 42.6 Å². The van der Waals surface area contributed by atoms with Crippen LogP contribution in [0, 0.1) is 0 Å². The third-order valence-electron chi connectivity index (χ3n) is 2.97. The molecule has 2 aromatic heterocycles. The highest BCUT2D eigenvalue weighted by atomic mass is 15.3. The molecule has 96 valence electrons. The molecular formula is C13H14N6. The first-order valence-corrected chi connectivity index (χ1v) is 6.06. The fraction of sp³-hybridized carbons (Fsp3) is 0.231. The molecule has 0 bridgehead atoms. The molecule has 0 saturated heterocycles. The van der Waals surface area contributed by atoms with Crippen molar-refractivity contribution in [2.45, 2.75) is 13.0 Å². The highest BCUT2D eigenvalue weighted by molar-refractivity contribution is 5.78. The molecule has 1 aromatic carbocycles. The molecule has 19 heavy (non-hydrogen) atoms. The van der Waals surface area contributed by atoms with Crippen LogP contribution in [-0.4, -0.2) is 24.7 Å². The summed E-state index contributed by atoms with van der Waals surface area (Å²) in [5.41, 5.74) is 0.921. The summed E-state index contributed by atoms with van der Waals surface area (Å²) < 4.78 is 1.87. The summed E-state index contributed by atoms with van der Waals surface area (Å²) in [6.07, 6.45) is 3.49. The van der Waals surface area contributed by atoms with Crippen LogP contribution in [-0.2, 0) is 7.05 Å². The Morgan fingerprint density at radius 3 is 2.89 bits per heavy atom. The van der Waals surface area contributed by atoms with E-state index < -0.39 is 0 Å². The number of hydrogen-bond donors (Lipinski definition) is 1. The average Bonchev–Trinajstić information content (AvgIpc) is 2.85. The monoisotopic (exact) mass is 254 g/mol. The Labute approximate surface area is 110 Å². The number of hydrogen-bond acceptors (Lipinski definition) is 5. The van der Waals surface area contributed by atoms with Gasteiger partial charge >= 0.3 is 0 Å². The van der Waals surface area contributed by atoms with Crippen LogP contribution in [0.1, 0.15) is 18.8 Å². The van der Waals surface area contributed by atoms with E-state index >= 15 is 0 Å². The van der Waals surface area contributed by atoms with Crippen LogP contribution in [0.5, 0.6) is 0 Å². The maximum atomic E-state index is 4.48. The van der Waals surface area contributed by atoms with E-state index in [9.17, 15) is 0 Å². The Morgan fingerprint density at radius 1 is 1.26 bits per heavy atom. The molecule has 1 unspecified atom stereocenters. The van der Waals surface area contributed by atoms with Gasteiger partial charge in [0.25, 0.3) is 0 Å². The molecular weight excluding hydrogens is 240 g/mol. The summed E-state index contributed by atoms with van der Waals surface area (Å²) in [6, 6.07) is 7.89. The zero-order chi connectivity index (χ0) is 13.2. The molecule has 1 atom stereocenters. The van der Waals surface area contributed by atoms with E-state index in [1.165, 1.54) is 0 Å². The molecule has 0 radical (unpaired) electrons. The molecule has 3 aromatic rings. The van der Waals surface area contributed by atoms with Gasteiger partial charge < -0.3 is 9.88 Å². The highest BCUT2D eigenvalue weighted by Gasteiger charge is 2.12. The lowest BCUT2D eigenvalue weighted by Crippen LogP contribution is -2.13. The molecule has 0 aliphatic rings. The second-order valence-electron chi connectivity index (χ2n) is 4.42. The number of benzene rings is 1. The van der Waals surface area contributed by atoms with Crippen LogP contribution >= 0.6 is 0 Å².